The lowest BCUT2D eigenvalue weighted by molar-refractivity contribution is -0.118. The van der Waals surface area contributed by atoms with Crippen molar-refractivity contribution in [2.75, 3.05) is 0 Å². The van der Waals surface area contributed by atoms with Crippen LogP contribution < -0.4 is 0 Å². The molecule has 1 N–H and O–H groups in total. The standard InChI is InChI=1S/C16H19N3O2/c1-2-3-5-10-13(20)11-14(21)16-15(17-19-18-16)12-8-6-4-7-9-12/h4,6-9H,2-3,5,10-11H2,1H3,(H,17,18,19). The number of hydrogen-bond donors (Lipinski definition) is 1. The van der Waals surface area contributed by atoms with Gasteiger partial charge in [-0.05, 0) is 6.42 Å². The van der Waals surface area contributed by atoms with Gasteiger partial charge in [0.15, 0.2) is 11.5 Å². The third-order valence-corrected chi connectivity index (χ3v) is 3.29. The summed E-state index contributed by atoms with van der Waals surface area (Å²) < 4.78 is 0. The Hall–Kier alpha value is -2.30. The topological polar surface area (TPSA) is 75.7 Å². The van der Waals surface area contributed by atoms with E-state index in [4.69, 9.17) is 0 Å². The summed E-state index contributed by atoms with van der Waals surface area (Å²) in [5.41, 5.74) is 1.65. The molecule has 0 saturated carbocycles. The number of aromatic nitrogens is 3. The van der Waals surface area contributed by atoms with E-state index in [0.29, 0.717) is 12.1 Å². The van der Waals surface area contributed by atoms with Crippen molar-refractivity contribution in [2.45, 2.75) is 39.0 Å². The lowest BCUT2D eigenvalue weighted by Crippen LogP contribution is -2.09. The number of H-pyrrole nitrogens is 1. The number of Topliss-reactive ketones (excluding diaryl/α,β-unsaturated/α-hetero) is 2. The van der Waals surface area contributed by atoms with E-state index in [2.05, 4.69) is 22.3 Å². The number of nitrogens with one attached hydrogen (secondary N) is 1. The molecule has 0 aliphatic rings. The molecule has 5 heteroatoms. The lowest BCUT2D eigenvalue weighted by atomic mass is 10.0. The molecular formula is C16H19N3O2. The van der Waals surface area contributed by atoms with E-state index < -0.39 is 0 Å². The summed E-state index contributed by atoms with van der Waals surface area (Å²) in [6, 6.07) is 9.39. The molecule has 0 saturated heterocycles. The first kappa shape index (κ1) is 15.1. The fraction of sp³-hybridized carbons (Fsp3) is 0.375. The molecule has 1 heterocycles. The van der Waals surface area contributed by atoms with Gasteiger partial charge in [-0.1, -0.05) is 55.3 Å². The van der Waals surface area contributed by atoms with Gasteiger partial charge in [0.25, 0.3) is 0 Å². The zero-order valence-corrected chi connectivity index (χ0v) is 12.1. The summed E-state index contributed by atoms with van der Waals surface area (Å²) in [5.74, 6) is -0.306. The van der Waals surface area contributed by atoms with Crippen LogP contribution in [-0.2, 0) is 4.79 Å². The molecule has 2 rings (SSSR count). The molecule has 110 valence electrons. The molecule has 5 nitrogen and oxygen atoms in total. The summed E-state index contributed by atoms with van der Waals surface area (Å²) in [5, 5.41) is 10.3. The maximum atomic E-state index is 12.2. The number of carbonyl (C=O) groups excluding carboxylic acids is 2. The zero-order chi connectivity index (χ0) is 15.1. The highest BCUT2D eigenvalue weighted by Crippen LogP contribution is 2.20. The minimum Gasteiger partial charge on any atom is -0.299 e. The smallest absolute Gasteiger partial charge is 0.192 e. The van der Waals surface area contributed by atoms with E-state index in [1.807, 2.05) is 30.3 Å². The van der Waals surface area contributed by atoms with Gasteiger partial charge in [0.05, 0.1) is 12.1 Å². The second kappa shape index (κ2) is 7.47. The van der Waals surface area contributed by atoms with Crippen molar-refractivity contribution in [3.63, 3.8) is 0 Å². The van der Waals surface area contributed by atoms with Crippen molar-refractivity contribution < 1.29 is 9.59 Å². The van der Waals surface area contributed by atoms with Gasteiger partial charge in [0, 0.05) is 12.0 Å². The number of carbonyl (C=O) groups is 2. The Kier molecular flexibility index (Phi) is 5.37. The van der Waals surface area contributed by atoms with Crippen LogP contribution in [0.5, 0.6) is 0 Å². The Balaban J connectivity index is 2.04. The van der Waals surface area contributed by atoms with Gasteiger partial charge in [0.1, 0.15) is 5.78 Å². The number of hydrogen-bond acceptors (Lipinski definition) is 4. The molecule has 21 heavy (non-hydrogen) atoms. The molecule has 1 aromatic heterocycles. The average Bonchev–Trinajstić information content (AvgIpc) is 2.98. The fourth-order valence-corrected chi connectivity index (χ4v) is 2.15. The van der Waals surface area contributed by atoms with Crippen LogP contribution in [0, 0.1) is 0 Å². The normalized spacial score (nSPS) is 10.5. The van der Waals surface area contributed by atoms with Gasteiger partial charge in [0.2, 0.25) is 0 Å². The molecule has 1 aromatic carbocycles. The lowest BCUT2D eigenvalue weighted by Gasteiger charge is -2.01. The highest BCUT2D eigenvalue weighted by atomic mass is 16.1. The number of ketones is 2. The van der Waals surface area contributed by atoms with Crippen LogP contribution in [0.15, 0.2) is 30.3 Å². The minimum absolute atomic E-state index is 0.0320. The Morgan fingerprint density at radius 2 is 1.90 bits per heavy atom. The van der Waals surface area contributed by atoms with Crippen molar-refractivity contribution in [3.05, 3.63) is 36.0 Å². The highest BCUT2D eigenvalue weighted by molar-refractivity contribution is 6.09. The van der Waals surface area contributed by atoms with Crippen LogP contribution in [0.4, 0.5) is 0 Å². The van der Waals surface area contributed by atoms with E-state index in [-0.39, 0.29) is 23.7 Å². The summed E-state index contributed by atoms with van der Waals surface area (Å²) in [6.07, 6.45) is 3.27. The van der Waals surface area contributed by atoms with E-state index in [9.17, 15) is 9.59 Å². The minimum atomic E-state index is -0.274. The van der Waals surface area contributed by atoms with Gasteiger partial charge in [-0.25, -0.2) is 0 Å². The molecule has 0 fully saturated rings. The zero-order valence-electron chi connectivity index (χ0n) is 12.1. The van der Waals surface area contributed by atoms with Gasteiger partial charge in [-0.2, -0.15) is 0 Å². The summed E-state index contributed by atoms with van der Waals surface area (Å²) in [4.78, 5) is 24.0. The van der Waals surface area contributed by atoms with E-state index in [1.165, 1.54) is 0 Å². The van der Waals surface area contributed by atoms with Crippen LogP contribution in [0.2, 0.25) is 0 Å². The molecule has 0 atom stereocenters. The molecule has 0 spiro atoms. The van der Waals surface area contributed by atoms with Crippen molar-refractivity contribution in [3.8, 4) is 11.3 Å². The number of nitrogens with zero attached hydrogens (tertiary/aromatic N) is 2. The maximum absolute atomic E-state index is 12.2. The van der Waals surface area contributed by atoms with E-state index in [0.717, 1.165) is 24.8 Å². The molecule has 0 unspecified atom stereocenters. The molecular weight excluding hydrogens is 266 g/mol. The molecule has 0 bridgehead atoms. The quantitative estimate of drug-likeness (QED) is 0.459. The summed E-state index contributed by atoms with van der Waals surface area (Å²) in [7, 11) is 0. The second-order valence-corrected chi connectivity index (χ2v) is 5.00. The number of aromatic amines is 1. The average molecular weight is 285 g/mol. The molecule has 0 radical (unpaired) electrons. The maximum Gasteiger partial charge on any atom is 0.192 e. The first-order valence-corrected chi connectivity index (χ1v) is 7.23. The SMILES string of the molecule is CCCCCC(=O)CC(=O)c1nn[nH]c1-c1ccccc1. The largest absolute Gasteiger partial charge is 0.299 e. The molecule has 2 aromatic rings. The number of benzene rings is 1. The Morgan fingerprint density at radius 3 is 2.62 bits per heavy atom. The third-order valence-electron chi connectivity index (χ3n) is 3.29. The number of unbranched alkanes of at least 4 members (excludes halogenated alkanes) is 2. The van der Waals surface area contributed by atoms with Gasteiger partial charge in [-0.15, -0.1) is 5.10 Å². The van der Waals surface area contributed by atoms with Crippen LogP contribution in [0.25, 0.3) is 11.3 Å². The van der Waals surface area contributed by atoms with Gasteiger partial charge >= 0.3 is 0 Å². The summed E-state index contributed by atoms with van der Waals surface area (Å²) in [6.45, 7) is 2.08. The second-order valence-electron chi connectivity index (χ2n) is 5.00. The molecule has 0 amide bonds. The van der Waals surface area contributed by atoms with E-state index in [1.54, 1.807) is 0 Å². The van der Waals surface area contributed by atoms with Crippen molar-refractivity contribution in [1.29, 1.82) is 0 Å². The van der Waals surface area contributed by atoms with Crippen LogP contribution in [0.3, 0.4) is 0 Å². The van der Waals surface area contributed by atoms with Crippen molar-refractivity contribution >= 4 is 11.6 Å². The monoisotopic (exact) mass is 285 g/mol. The Labute approximate surface area is 123 Å². The van der Waals surface area contributed by atoms with Crippen LogP contribution >= 0.6 is 0 Å². The number of rotatable bonds is 8. The van der Waals surface area contributed by atoms with Crippen molar-refractivity contribution in [1.82, 2.24) is 15.4 Å². The predicted octanol–water partition coefficient (Wildman–Crippen LogP) is 3.19. The van der Waals surface area contributed by atoms with E-state index >= 15 is 0 Å². The first-order valence-electron chi connectivity index (χ1n) is 7.23. The first-order chi connectivity index (χ1) is 10.2. The van der Waals surface area contributed by atoms with Crippen LogP contribution in [0.1, 0.15) is 49.5 Å². The fourth-order valence-electron chi connectivity index (χ4n) is 2.15. The van der Waals surface area contributed by atoms with Gasteiger partial charge < -0.3 is 0 Å². The van der Waals surface area contributed by atoms with Crippen LogP contribution in [-0.4, -0.2) is 27.0 Å². The van der Waals surface area contributed by atoms with Gasteiger partial charge in [-0.3, -0.25) is 14.7 Å². The molecule has 0 aliphatic heterocycles. The third kappa shape index (κ3) is 4.08. The Bertz CT molecular complexity index is 605. The molecule has 0 aliphatic carbocycles. The predicted molar refractivity (Wildman–Crippen MR) is 79.9 cm³/mol. The Morgan fingerprint density at radius 1 is 1.14 bits per heavy atom. The summed E-state index contributed by atoms with van der Waals surface area (Å²) >= 11 is 0. The van der Waals surface area contributed by atoms with Crippen molar-refractivity contribution in [2.24, 2.45) is 0 Å². The highest BCUT2D eigenvalue weighted by Gasteiger charge is 2.19.